The Morgan fingerprint density at radius 3 is 2.95 bits per heavy atom. The Balaban J connectivity index is 1.64. The number of aromatic amines is 1. The molecule has 2 heterocycles. The highest BCUT2D eigenvalue weighted by molar-refractivity contribution is 6.31. The van der Waals surface area contributed by atoms with Crippen LogP contribution in [0.4, 0.5) is 0 Å². The molecule has 0 saturated carbocycles. The second-order valence-corrected chi connectivity index (χ2v) is 5.18. The van der Waals surface area contributed by atoms with Gasteiger partial charge in [-0.3, -0.25) is 9.78 Å². The molecule has 5 heteroatoms. The molecule has 0 aliphatic rings. The highest BCUT2D eigenvalue weighted by atomic mass is 35.5. The van der Waals surface area contributed by atoms with E-state index >= 15 is 0 Å². The van der Waals surface area contributed by atoms with Crippen molar-refractivity contribution in [1.29, 1.82) is 0 Å². The Hall–Kier alpha value is -2.33. The predicted molar refractivity (Wildman–Crippen MR) is 83.6 cm³/mol. The molecule has 1 amide bonds. The number of H-pyrrole nitrogens is 1. The van der Waals surface area contributed by atoms with Crippen LogP contribution in [0.1, 0.15) is 16.2 Å². The molecule has 2 N–H and O–H groups in total. The molecule has 106 valence electrons. The number of nitrogens with zero attached hydrogens (tertiary/aromatic N) is 1. The number of hydrogen-bond acceptors (Lipinski definition) is 2. The zero-order valence-electron chi connectivity index (χ0n) is 11.3. The van der Waals surface area contributed by atoms with E-state index in [4.69, 9.17) is 11.6 Å². The molecule has 3 rings (SSSR count). The quantitative estimate of drug-likeness (QED) is 0.777. The summed E-state index contributed by atoms with van der Waals surface area (Å²) < 4.78 is 0. The zero-order valence-corrected chi connectivity index (χ0v) is 12.0. The minimum Gasteiger partial charge on any atom is -0.351 e. The molecule has 0 saturated heterocycles. The van der Waals surface area contributed by atoms with Crippen molar-refractivity contribution in [3.63, 3.8) is 0 Å². The van der Waals surface area contributed by atoms with Crippen LogP contribution < -0.4 is 5.32 Å². The molecule has 0 unspecified atom stereocenters. The standard InChI is InChI=1S/C16H14ClN3O/c17-12-4-5-14-11(9-12)10-15(20-14)16(21)19-8-6-13-3-1-2-7-18-13/h1-5,7,9-10,20H,6,8H2,(H,19,21). The summed E-state index contributed by atoms with van der Waals surface area (Å²) in [7, 11) is 0. The summed E-state index contributed by atoms with van der Waals surface area (Å²) in [4.78, 5) is 19.4. The molecule has 0 radical (unpaired) electrons. The number of amides is 1. The van der Waals surface area contributed by atoms with Crippen molar-refractivity contribution < 1.29 is 4.79 Å². The maximum atomic E-state index is 12.1. The maximum Gasteiger partial charge on any atom is 0.267 e. The van der Waals surface area contributed by atoms with E-state index in [1.54, 1.807) is 18.3 Å². The van der Waals surface area contributed by atoms with Gasteiger partial charge in [0.05, 0.1) is 0 Å². The van der Waals surface area contributed by atoms with Gasteiger partial charge in [-0.05, 0) is 36.4 Å². The lowest BCUT2D eigenvalue weighted by atomic mass is 10.2. The summed E-state index contributed by atoms with van der Waals surface area (Å²) in [5, 5.41) is 4.46. The third-order valence-electron chi connectivity index (χ3n) is 3.22. The van der Waals surface area contributed by atoms with Gasteiger partial charge in [0.1, 0.15) is 5.69 Å². The number of aromatic nitrogens is 2. The van der Waals surface area contributed by atoms with Crippen molar-refractivity contribution >= 4 is 28.4 Å². The van der Waals surface area contributed by atoms with Gasteiger partial charge >= 0.3 is 0 Å². The van der Waals surface area contributed by atoms with Crippen molar-refractivity contribution in [2.75, 3.05) is 6.54 Å². The first-order chi connectivity index (χ1) is 10.2. The Morgan fingerprint density at radius 2 is 2.14 bits per heavy atom. The van der Waals surface area contributed by atoms with E-state index in [0.29, 0.717) is 23.7 Å². The van der Waals surface area contributed by atoms with Crippen LogP contribution in [0.25, 0.3) is 10.9 Å². The number of benzene rings is 1. The zero-order chi connectivity index (χ0) is 14.7. The van der Waals surface area contributed by atoms with Gasteiger partial charge in [0.2, 0.25) is 0 Å². The third kappa shape index (κ3) is 3.23. The van der Waals surface area contributed by atoms with Crippen molar-refractivity contribution in [3.05, 3.63) is 65.1 Å². The van der Waals surface area contributed by atoms with E-state index in [9.17, 15) is 4.79 Å². The fourth-order valence-electron chi connectivity index (χ4n) is 2.17. The Kier molecular flexibility index (Phi) is 3.88. The van der Waals surface area contributed by atoms with Crippen LogP contribution in [0, 0.1) is 0 Å². The lowest BCUT2D eigenvalue weighted by molar-refractivity contribution is 0.0950. The van der Waals surface area contributed by atoms with Crippen molar-refractivity contribution in [3.8, 4) is 0 Å². The van der Waals surface area contributed by atoms with Crippen molar-refractivity contribution in [1.82, 2.24) is 15.3 Å². The SMILES string of the molecule is O=C(NCCc1ccccn1)c1cc2cc(Cl)ccc2[nH]1. The molecule has 4 nitrogen and oxygen atoms in total. The van der Waals surface area contributed by atoms with E-state index in [1.165, 1.54) is 0 Å². The molecule has 0 aliphatic carbocycles. The van der Waals surface area contributed by atoms with Gasteiger partial charge in [-0.15, -0.1) is 0 Å². The van der Waals surface area contributed by atoms with E-state index in [-0.39, 0.29) is 5.91 Å². The van der Waals surface area contributed by atoms with Crippen LogP contribution in [0.3, 0.4) is 0 Å². The molecule has 0 aliphatic heterocycles. The number of nitrogens with one attached hydrogen (secondary N) is 2. The third-order valence-corrected chi connectivity index (χ3v) is 3.46. The molecule has 0 fully saturated rings. The second-order valence-electron chi connectivity index (χ2n) is 4.74. The summed E-state index contributed by atoms with van der Waals surface area (Å²) in [6, 6.07) is 13.0. The van der Waals surface area contributed by atoms with Gasteiger partial charge in [0.15, 0.2) is 0 Å². The first kappa shape index (κ1) is 13.6. The van der Waals surface area contributed by atoms with E-state index in [1.807, 2.05) is 30.3 Å². The number of fused-ring (bicyclic) bond motifs is 1. The number of carbonyl (C=O) groups is 1. The van der Waals surface area contributed by atoms with Crippen LogP contribution in [-0.2, 0) is 6.42 Å². The highest BCUT2D eigenvalue weighted by Gasteiger charge is 2.09. The number of halogens is 1. The smallest absolute Gasteiger partial charge is 0.267 e. The molecule has 3 aromatic rings. The molecular weight excluding hydrogens is 286 g/mol. The summed E-state index contributed by atoms with van der Waals surface area (Å²) in [6.45, 7) is 0.548. The topological polar surface area (TPSA) is 57.8 Å². The minimum atomic E-state index is -0.127. The first-order valence-corrected chi connectivity index (χ1v) is 7.06. The monoisotopic (exact) mass is 299 g/mol. The highest BCUT2D eigenvalue weighted by Crippen LogP contribution is 2.19. The van der Waals surface area contributed by atoms with Gasteiger partial charge in [-0.1, -0.05) is 17.7 Å². The molecule has 1 aromatic carbocycles. The number of rotatable bonds is 4. The van der Waals surface area contributed by atoms with Crippen LogP contribution in [-0.4, -0.2) is 22.4 Å². The number of pyridine rings is 1. The molecular formula is C16H14ClN3O. The maximum absolute atomic E-state index is 12.1. The van der Waals surface area contributed by atoms with Crippen LogP contribution in [0.15, 0.2) is 48.7 Å². The fourth-order valence-corrected chi connectivity index (χ4v) is 2.35. The van der Waals surface area contributed by atoms with Crippen molar-refractivity contribution in [2.24, 2.45) is 0 Å². The number of hydrogen-bond donors (Lipinski definition) is 2. The normalized spacial score (nSPS) is 10.7. The Labute approximate surface area is 127 Å². The van der Waals surface area contributed by atoms with E-state index < -0.39 is 0 Å². The summed E-state index contributed by atoms with van der Waals surface area (Å²) >= 11 is 5.94. The summed E-state index contributed by atoms with van der Waals surface area (Å²) in [5.74, 6) is -0.127. The minimum absolute atomic E-state index is 0.127. The van der Waals surface area contributed by atoms with Crippen LogP contribution in [0.5, 0.6) is 0 Å². The predicted octanol–water partition coefficient (Wildman–Crippen LogP) is 3.19. The van der Waals surface area contributed by atoms with Gasteiger partial charge < -0.3 is 10.3 Å². The van der Waals surface area contributed by atoms with Gasteiger partial charge in [0, 0.05) is 40.8 Å². The van der Waals surface area contributed by atoms with Gasteiger partial charge in [-0.2, -0.15) is 0 Å². The molecule has 21 heavy (non-hydrogen) atoms. The van der Waals surface area contributed by atoms with E-state index in [2.05, 4.69) is 15.3 Å². The Bertz CT molecular complexity index is 768. The summed E-state index contributed by atoms with van der Waals surface area (Å²) in [5.41, 5.74) is 2.39. The fraction of sp³-hybridized carbons (Fsp3) is 0.125. The second kappa shape index (κ2) is 5.97. The molecule has 0 bridgehead atoms. The average molecular weight is 300 g/mol. The van der Waals surface area contributed by atoms with Gasteiger partial charge in [-0.25, -0.2) is 0 Å². The van der Waals surface area contributed by atoms with Gasteiger partial charge in [0.25, 0.3) is 5.91 Å². The number of carbonyl (C=O) groups excluding carboxylic acids is 1. The van der Waals surface area contributed by atoms with Crippen LogP contribution >= 0.6 is 11.6 Å². The molecule has 0 atom stereocenters. The van der Waals surface area contributed by atoms with Crippen LogP contribution in [0.2, 0.25) is 5.02 Å². The molecule has 2 aromatic heterocycles. The molecule has 0 spiro atoms. The van der Waals surface area contributed by atoms with E-state index in [0.717, 1.165) is 16.6 Å². The Morgan fingerprint density at radius 1 is 1.24 bits per heavy atom. The first-order valence-electron chi connectivity index (χ1n) is 6.69. The average Bonchev–Trinajstić information content (AvgIpc) is 2.91. The lowest BCUT2D eigenvalue weighted by Gasteiger charge is -2.03. The summed E-state index contributed by atoms with van der Waals surface area (Å²) in [6.07, 6.45) is 2.46. The largest absolute Gasteiger partial charge is 0.351 e. The van der Waals surface area contributed by atoms with Crippen molar-refractivity contribution in [2.45, 2.75) is 6.42 Å². The lowest BCUT2D eigenvalue weighted by Crippen LogP contribution is -2.26.